The van der Waals surface area contributed by atoms with Gasteiger partial charge in [-0.15, -0.1) is 11.8 Å². The van der Waals surface area contributed by atoms with Crippen molar-refractivity contribution in [3.05, 3.63) is 65.2 Å². The molecular formula is C20H17ClN2O4S. The van der Waals surface area contributed by atoms with Crippen LogP contribution in [0.3, 0.4) is 0 Å². The molecule has 28 heavy (non-hydrogen) atoms. The molecule has 3 heterocycles. The third-order valence-corrected chi connectivity index (χ3v) is 6.15. The average molecular weight is 417 g/mol. The minimum absolute atomic E-state index is 0.00612. The van der Waals surface area contributed by atoms with E-state index >= 15 is 0 Å². The van der Waals surface area contributed by atoms with E-state index in [0.29, 0.717) is 22.2 Å². The summed E-state index contributed by atoms with van der Waals surface area (Å²) in [6.07, 6.45) is 1.55. The topological polar surface area (TPSA) is 72.6 Å². The zero-order valence-corrected chi connectivity index (χ0v) is 16.6. The van der Waals surface area contributed by atoms with E-state index < -0.39 is 12.0 Å². The fraction of sp³-hybridized carbons (Fsp3) is 0.250. The van der Waals surface area contributed by atoms with E-state index in [0.717, 1.165) is 10.9 Å². The summed E-state index contributed by atoms with van der Waals surface area (Å²) in [6.45, 7) is 1.43. The predicted molar refractivity (Wildman–Crippen MR) is 107 cm³/mol. The van der Waals surface area contributed by atoms with E-state index in [4.69, 9.17) is 20.8 Å². The quantitative estimate of drug-likeness (QED) is 0.469. The predicted octanol–water partition coefficient (Wildman–Crippen LogP) is 4.19. The third kappa shape index (κ3) is 3.59. The zero-order valence-electron chi connectivity index (χ0n) is 15.0. The van der Waals surface area contributed by atoms with Crippen molar-refractivity contribution < 1.29 is 18.7 Å². The number of pyridine rings is 1. The molecule has 2 aromatic heterocycles. The summed E-state index contributed by atoms with van der Waals surface area (Å²) in [5.41, 5.74) is 1.40. The molecule has 1 saturated heterocycles. The van der Waals surface area contributed by atoms with Gasteiger partial charge < -0.3 is 14.1 Å². The minimum Gasteiger partial charge on any atom is -0.466 e. The van der Waals surface area contributed by atoms with Crippen LogP contribution in [0.25, 0.3) is 10.9 Å². The summed E-state index contributed by atoms with van der Waals surface area (Å²) in [5.74, 6) is 0.394. The van der Waals surface area contributed by atoms with Crippen LogP contribution in [0.15, 0.2) is 53.1 Å². The van der Waals surface area contributed by atoms with Crippen LogP contribution in [-0.4, -0.2) is 33.6 Å². The number of furan rings is 1. The maximum Gasteiger partial charge on any atom is 0.330 e. The number of thioether (sulfide) groups is 1. The minimum atomic E-state index is -0.676. The number of halogens is 1. The molecule has 1 fully saturated rings. The lowest BCUT2D eigenvalue weighted by molar-refractivity contribution is -0.154. The Labute approximate surface area is 170 Å². The highest BCUT2D eigenvalue weighted by Gasteiger charge is 2.43. The first-order valence-corrected chi connectivity index (χ1v) is 10.1. The molecular weight excluding hydrogens is 400 g/mol. The van der Waals surface area contributed by atoms with Crippen molar-refractivity contribution in [1.29, 1.82) is 0 Å². The lowest BCUT2D eigenvalue weighted by Crippen LogP contribution is -2.42. The molecule has 1 aliphatic rings. The molecule has 2 atom stereocenters. The second-order valence-electron chi connectivity index (χ2n) is 6.38. The van der Waals surface area contributed by atoms with Gasteiger partial charge in [-0.2, -0.15) is 0 Å². The number of fused-ring (bicyclic) bond motifs is 1. The second kappa shape index (κ2) is 7.85. The van der Waals surface area contributed by atoms with Gasteiger partial charge >= 0.3 is 5.97 Å². The van der Waals surface area contributed by atoms with Gasteiger partial charge in [0, 0.05) is 23.6 Å². The lowest BCUT2D eigenvalue weighted by Gasteiger charge is -2.25. The zero-order chi connectivity index (χ0) is 19.7. The Kier molecular flexibility index (Phi) is 5.28. The van der Waals surface area contributed by atoms with Crippen molar-refractivity contribution in [2.75, 3.05) is 5.75 Å². The van der Waals surface area contributed by atoms with Crippen LogP contribution in [0.1, 0.15) is 23.6 Å². The van der Waals surface area contributed by atoms with Crippen molar-refractivity contribution in [2.45, 2.75) is 24.9 Å². The Balaban J connectivity index is 1.49. The van der Waals surface area contributed by atoms with Crippen LogP contribution in [-0.2, 0) is 20.9 Å². The number of carbonyl (C=O) groups excluding carboxylic acids is 2. The molecule has 0 bridgehead atoms. The van der Waals surface area contributed by atoms with Gasteiger partial charge in [-0.25, -0.2) is 9.78 Å². The summed E-state index contributed by atoms with van der Waals surface area (Å²) >= 11 is 7.70. The number of nitrogens with zero attached hydrogens (tertiary/aromatic N) is 2. The maximum atomic E-state index is 12.7. The van der Waals surface area contributed by atoms with Crippen LogP contribution in [0.4, 0.5) is 0 Å². The lowest BCUT2D eigenvalue weighted by atomic mass is 10.2. The Morgan fingerprint density at radius 1 is 1.32 bits per heavy atom. The summed E-state index contributed by atoms with van der Waals surface area (Å²) in [7, 11) is 0. The summed E-state index contributed by atoms with van der Waals surface area (Å²) < 4.78 is 10.9. The smallest absolute Gasteiger partial charge is 0.330 e. The highest BCUT2D eigenvalue weighted by atomic mass is 35.5. The molecule has 1 aromatic carbocycles. The summed E-state index contributed by atoms with van der Waals surface area (Å²) in [6, 6.07) is 12.3. The van der Waals surface area contributed by atoms with E-state index in [1.54, 1.807) is 18.4 Å². The molecule has 0 N–H and O–H groups in total. The van der Waals surface area contributed by atoms with Crippen LogP contribution in [0.2, 0.25) is 5.15 Å². The third-order valence-electron chi connectivity index (χ3n) is 4.54. The Morgan fingerprint density at radius 2 is 2.14 bits per heavy atom. The van der Waals surface area contributed by atoms with Crippen molar-refractivity contribution in [1.82, 2.24) is 9.88 Å². The molecule has 0 unspecified atom stereocenters. The SMILES string of the molecule is CC(=O)N1[C@@H](C(=O)OCc2cc3ccccc3nc2Cl)CS[C@H]1c1ccco1. The monoisotopic (exact) mass is 416 g/mol. The standard InChI is InChI=1S/C20H17ClN2O4S/c1-12(24)23-16(11-28-19(23)17-7-4-8-26-17)20(25)27-10-14-9-13-5-2-3-6-15(13)22-18(14)21/h2-9,16,19H,10-11H2,1H3/t16-,19+/m1/s1. The molecule has 144 valence electrons. The van der Waals surface area contributed by atoms with E-state index in [9.17, 15) is 9.59 Å². The number of para-hydroxylation sites is 1. The van der Waals surface area contributed by atoms with Crippen LogP contribution < -0.4 is 0 Å². The number of hydrogen-bond acceptors (Lipinski definition) is 6. The van der Waals surface area contributed by atoms with Crippen LogP contribution >= 0.6 is 23.4 Å². The van der Waals surface area contributed by atoms with Crippen LogP contribution in [0.5, 0.6) is 0 Å². The van der Waals surface area contributed by atoms with E-state index in [1.807, 2.05) is 30.3 Å². The van der Waals surface area contributed by atoms with Crippen molar-refractivity contribution in [3.8, 4) is 0 Å². The molecule has 6 nitrogen and oxygen atoms in total. The maximum absolute atomic E-state index is 12.7. The second-order valence-corrected chi connectivity index (χ2v) is 7.85. The van der Waals surface area contributed by atoms with Crippen molar-refractivity contribution >= 4 is 46.1 Å². The first-order valence-electron chi connectivity index (χ1n) is 8.69. The average Bonchev–Trinajstić information content (AvgIpc) is 3.35. The molecule has 3 aromatic rings. The number of benzene rings is 1. The van der Waals surface area contributed by atoms with Gasteiger partial charge in [0.05, 0.1) is 11.8 Å². The first kappa shape index (κ1) is 18.8. The Bertz CT molecular complexity index is 1020. The van der Waals surface area contributed by atoms with Gasteiger partial charge in [-0.3, -0.25) is 4.79 Å². The molecule has 1 aliphatic heterocycles. The van der Waals surface area contributed by atoms with Gasteiger partial charge in [0.2, 0.25) is 5.91 Å². The van der Waals surface area contributed by atoms with Gasteiger partial charge in [0.1, 0.15) is 28.9 Å². The molecule has 4 rings (SSSR count). The Hall–Kier alpha value is -2.51. The highest BCUT2D eigenvalue weighted by Crippen LogP contribution is 2.41. The number of amides is 1. The summed E-state index contributed by atoms with van der Waals surface area (Å²) in [5, 5.41) is 0.873. The van der Waals surface area contributed by atoms with E-state index in [1.165, 1.54) is 23.6 Å². The van der Waals surface area contributed by atoms with Crippen LogP contribution in [0, 0.1) is 0 Å². The van der Waals surface area contributed by atoms with Crippen molar-refractivity contribution in [2.24, 2.45) is 0 Å². The molecule has 0 radical (unpaired) electrons. The van der Waals surface area contributed by atoms with E-state index in [-0.39, 0.29) is 17.9 Å². The highest BCUT2D eigenvalue weighted by molar-refractivity contribution is 7.99. The van der Waals surface area contributed by atoms with Gasteiger partial charge in [0.25, 0.3) is 0 Å². The fourth-order valence-electron chi connectivity index (χ4n) is 3.21. The largest absolute Gasteiger partial charge is 0.466 e. The molecule has 0 aliphatic carbocycles. The van der Waals surface area contributed by atoms with Gasteiger partial charge in [-0.1, -0.05) is 29.8 Å². The van der Waals surface area contributed by atoms with E-state index in [2.05, 4.69) is 4.98 Å². The molecule has 8 heteroatoms. The number of carbonyl (C=O) groups is 2. The fourth-order valence-corrected chi connectivity index (χ4v) is 4.82. The number of rotatable bonds is 4. The molecule has 0 spiro atoms. The molecule has 1 amide bonds. The normalized spacial score (nSPS) is 19.1. The number of hydrogen-bond donors (Lipinski definition) is 0. The summed E-state index contributed by atoms with van der Waals surface area (Å²) in [4.78, 5) is 30.7. The number of aromatic nitrogens is 1. The number of esters is 1. The van der Waals surface area contributed by atoms with Crippen molar-refractivity contribution in [3.63, 3.8) is 0 Å². The molecule has 0 saturated carbocycles. The Morgan fingerprint density at radius 3 is 2.89 bits per heavy atom. The number of ether oxygens (including phenoxy) is 1. The first-order chi connectivity index (χ1) is 13.5. The van der Waals surface area contributed by atoms with Gasteiger partial charge in [-0.05, 0) is 24.3 Å². The van der Waals surface area contributed by atoms with Gasteiger partial charge in [0.15, 0.2) is 0 Å².